The molecule has 0 unspecified atom stereocenters. The number of ether oxygens (including phenoxy) is 1. The molecule has 0 spiro atoms. The molecule has 0 radical (unpaired) electrons. The smallest absolute Gasteiger partial charge is 0.340 e. The Morgan fingerprint density at radius 1 is 1.18 bits per heavy atom. The van der Waals surface area contributed by atoms with Crippen LogP contribution in [0, 0.1) is 18.3 Å². The maximum absolute atomic E-state index is 12.7. The number of hydrogen-bond acceptors (Lipinski definition) is 5. The fourth-order valence-corrected chi connectivity index (χ4v) is 3.18. The third kappa shape index (κ3) is 4.05. The molecule has 6 heteroatoms. The van der Waals surface area contributed by atoms with Crippen LogP contribution in [0.2, 0.25) is 0 Å². The quantitative estimate of drug-likeness (QED) is 0.526. The molecule has 2 aromatic carbocycles. The molecule has 0 saturated heterocycles. The average Bonchev–Trinajstić information content (AvgIpc) is 2.69. The van der Waals surface area contributed by atoms with Crippen LogP contribution < -0.4 is 5.32 Å². The van der Waals surface area contributed by atoms with Crippen molar-refractivity contribution in [2.45, 2.75) is 13.8 Å². The summed E-state index contributed by atoms with van der Waals surface area (Å²) in [6.45, 7) is 3.73. The zero-order valence-corrected chi connectivity index (χ0v) is 17.1. The van der Waals surface area contributed by atoms with Crippen LogP contribution in [-0.2, 0) is 4.74 Å². The minimum atomic E-state index is -0.492. The van der Waals surface area contributed by atoms with Gasteiger partial charge in [0, 0.05) is 15.7 Å². The van der Waals surface area contributed by atoms with Crippen molar-refractivity contribution in [1.29, 1.82) is 5.26 Å². The van der Waals surface area contributed by atoms with Crippen molar-refractivity contribution in [2.24, 2.45) is 0 Å². The van der Waals surface area contributed by atoms with E-state index in [1.807, 2.05) is 54.6 Å². The topological polar surface area (TPSA) is 75.0 Å². The first-order chi connectivity index (χ1) is 13.5. The SMILES string of the molecule is CCOC(=O)c1c(C)nc(Nc2ccccc2)c(C#N)c1-c1ccc(Br)cc1. The highest BCUT2D eigenvalue weighted by Crippen LogP contribution is 2.35. The molecule has 1 N–H and O–H groups in total. The lowest BCUT2D eigenvalue weighted by Gasteiger charge is -2.17. The zero-order chi connectivity index (χ0) is 20.1. The number of carbonyl (C=O) groups is 1. The minimum absolute atomic E-state index is 0.240. The maximum Gasteiger partial charge on any atom is 0.340 e. The summed E-state index contributed by atoms with van der Waals surface area (Å²) in [5, 5.41) is 13.1. The van der Waals surface area contributed by atoms with Crippen LogP contribution in [0.5, 0.6) is 0 Å². The lowest BCUT2D eigenvalue weighted by molar-refractivity contribution is 0.0526. The number of rotatable bonds is 5. The normalized spacial score (nSPS) is 10.2. The van der Waals surface area contributed by atoms with Crippen molar-refractivity contribution in [1.82, 2.24) is 4.98 Å². The van der Waals surface area contributed by atoms with E-state index in [0.29, 0.717) is 28.2 Å². The number of para-hydroxylation sites is 1. The molecule has 0 fully saturated rings. The molecule has 0 atom stereocenters. The molecule has 0 aliphatic carbocycles. The molecule has 140 valence electrons. The molecule has 0 aliphatic rings. The van der Waals surface area contributed by atoms with Gasteiger partial charge in [0.15, 0.2) is 0 Å². The highest BCUT2D eigenvalue weighted by molar-refractivity contribution is 9.10. The third-order valence-electron chi connectivity index (χ3n) is 4.14. The van der Waals surface area contributed by atoms with E-state index >= 15 is 0 Å². The third-order valence-corrected chi connectivity index (χ3v) is 4.67. The molecule has 0 bridgehead atoms. The Morgan fingerprint density at radius 3 is 2.46 bits per heavy atom. The summed E-state index contributed by atoms with van der Waals surface area (Å²) in [6.07, 6.45) is 0. The van der Waals surface area contributed by atoms with Crippen LogP contribution in [0.15, 0.2) is 59.1 Å². The van der Waals surface area contributed by atoms with Crippen LogP contribution >= 0.6 is 15.9 Å². The molecule has 0 amide bonds. The van der Waals surface area contributed by atoms with Gasteiger partial charge in [-0.3, -0.25) is 0 Å². The highest BCUT2D eigenvalue weighted by Gasteiger charge is 2.25. The number of aromatic nitrogens is 1. The monoisotopic (exact) mass is 435 g/mol. The van der Waals surface area contributed by atoms with Gasteiger partial charge in [-0.2, -0.15) is 5.26 Å². The number of hydrogen-bond donors (Lipinski definition) is 1. The average molecular weight is 436 g/mol. The van der Waals surface area contributed by atoms with E-state index in [4.69, 9.17) is 4.74 Å². The van der Waals surface area contributed by atoms with E-state index < -0.39 is 5.97 Å². The predicted molar refractivity (Wildman–Crippen MR) is 113 cm³/mol. The Bertz CT molecular complexity index is 1040. The lowest BCUT2D eigenvalue weighted by atomic mass is 9.94. The number of nitrogens with zero attached hydrogens (tertiary/aromatic N) is 2. The zero-order valence-electron chi connectivity index (χ0n) is 15.5. The Hall–Kier alpha value is -3.17. The van der Waals surface area contributed by atoms with Crippen molar-refractivity contribution in [2.75, 3.05) is 11.9 Å². The maximum atomic E-state index is 12.7. The number of carbonyl (C=O) groups excluding carboxylic acids is 1. The van der Waals surface area contributed by atoms with E-state index in [-0.39, 0.29) is 6.61 Å². The summed E-state index contributed by atoms with van der Waals surface area (Å²) >= 11 is 3.42. The van der Waals surface area contributed by atoms with E-state index in [1.54, 1.807) is 13.8 Å². The van der Waals surface area contributed by atoms with E-state index in [2.05, 4.69) is 32.3 Å². The van der Waals surface area contributed by atoms with Crippen LogP contribution in [0.25, 0.3) is 11.1 Å². The van der Waals surface area contributed by atoms with Crippen LogP contribution in [0.4, 0.5) is 11.5 Å². The summed E-state index contributed by atoms with van der Waals surface area (Å²) < 4.78 is 6.14. The number of anilines is 2. The Morgan fingerprint density at radius 2 is 1.86 bits per heavy atom. The second kappa shape index (κ2) is 8.68. The number of esters is 1. The molecule has 0 saturated carbocycles. The van der Waals surface area contributed by atoms with Crippen LogP contribution in [0.1, 0.15) is 28.5 Å². The Labute approximate surface area is 172 Å². The van der Waals surface area contributed by atoms with Crippen LogP contribution in [0.3, 0.4) is 0 Å². The highest BCUT2D eigenvalue weighted by atomic mass is 79.9. The predicted octanol–water partition coefficient (Wildman–Crippen LogP) is 5.61. The van der Waals surface area contributed by atoms with Crippen LogP contribution in [-0.4, -0.2) is 17.6 Å². The molecule has 1 aromatic heterocycles. The Kier molecular flexibility index (Phi) is 6.07. The van der Waals surface area contributed by atoms with Gasteiger partial charge in [0.2, 0.25) is 0 Å². The van der Waals surface area contributed by atoms with E-state index in [9.17, 15) is 10.1 Å². The number of aryl methyl sites for hydroxylation is 1. The second-order valence-electron chi connectivity index (χ2n) is 6.00. The first kappa shape index (κ1) is 19.6. The molecular formula is C22H18BrN3O2. The van der Waals surface area contributed by atoms with Crippen molar-refractivity contribution in [3.8, 4) is 17.2 Å². The minimum Gasteiger partial charge on any atom is -0.462 e. The Balaban J connectivity index is 2.26. The summed E-state index contributed by atoms with van der Waals surface area (Å²) in [5.41, 5.74) is 3.15. The van der Waals surface area contributed by atoms with Gasteiger partial charge in [0.25, 0.3) is 0 Å². The number of benzene rings is 2. The van der Waals surface area contributed by atoms with Gasteiger partial charge in [-0.15, -0.1) is 0 Å². The molecule has 0 aliphatic heterocycles. The second-order valence-corrected chi connectivity index (χ2v) is 6.92. The van der Waals surface area contributed by atoms with Crippen molar-refractivity contribution in [3.63, 3.8) is 0 Å². The lowest BCUT2D eigenvalue weighted by Crippen LogP contribution is -2.13. The van der Waals surface area contributed by atoms with Gasteiger partial charge in [-0.25, -0.2) is 9.78 Å². The molecular weight excluding hydrogens is 418 g/mol. The van der Waals surface area contributed by atoms with E-state index in [0.717, 1.165) is 15.7 Å². The number of nitrogens with one attached hydrogen (secondary N) is 1. The standard InChI is InChI=1S/C22H18BrN3O2/c1-3-28-22(27)19-14(2)25-21(26-17-7-5-4-6-8-17)18(13-24)20(19)15-9-11-16(23)12-10-15/h4-12H,3H2,1-2H3,(H,25,26). The van der Waals surface area contributed by atoms with Gasteiger partial charge >= 0.3 is 5.97 Å². The van der Waals surface area contributed by atoms with Crippen molar-refractivity contribution >= 4 is 33.4 Å². The van der Waals surface area contributed by atoms with Crippen molar-refractivity contribution in [3.05, 3.63) is 75.9 Å². The summed E-state index contributed by atoms with van der Waals surface area (Å²) in [5.74, 6) is -0.0923. The fraction of sp³-hybridized carbons (Fsp3) is 0.136. The van der Waals surface area contributed by atoms with Gasteiger partial charge in [0.1, 0.15) is 17.5 Å². The van der Waals surface area contributed by atoms with Gasteiger partial charge in [-0.1, -0.05) is 46.3 Å². The van der Waals surface area contributed by atoms with Gasteiger partial charge < -0.3 is 10.1 Å². The summed E-state index contributed by atoms with van der Waals surface area (Å²) in [6, 6.07) is 19.1. The number of halogens is 1. The van der Waals surface area contributed by atoms with E-state index in [1.165, 1.54) is 0 Å². The van der Waals surface area contributed by atoms with Gasteiger partial charge in [-0.05, 0) is 43.7 Å². The van der Waals surface area contributed by atoms with Gasteiger partial charge in [0.05, 0.1) is 17.9 Å². The molecule has 3 aromatic rings. The molecule has 1 heterocycles. The number of pyridine rings is 1. The largest absolute Gasteiger partial charge is 0.462 e. The molecule has 3 rings (SSSR count). The first-order valence-electron chi connectivity index (χ1n) is 8.75. The number of nitriles is 1. The summed E-state index contributed by atoms with van der Waals surface area (Å²) in [7, 11) is 0. The summed E-state index contributed by atoms with van der Waals surface area (Å²) in [4.78, 5) is 17.2. The molecule has 5 nitrogen and oxygen atoms in total. The first-order valence-corrected chi connectivity index (χ1v) is 9.54. The molecule has 28 heavy (non-hydrogen) atoms. The van der Waals surface area contributed by atoms with Crippen molar-refractivity contribution < 1.29 is 9.53 Å². The fourth-order valence-electron chi connectivity index (χ4n) is 2.92.